The van der Waals surface area contributed by atoms with Crippen molar-refractivity contribution in [2.45, 2.75) is 32.7 Å². The highest BCUT2D eigenvalue weighted by Gasteiger charge is 2.34. The van der Waals surface area contributed by atoms with Crippen LogP contribution in [0, 0.1) is 5.92 Å². The number of carbonyl (C=O) groups excluding carboxylic acids is 2. The van der Waals surface area contributed by atoms with Crippen LogP contribution in [0.5, 0.6) is 11.5 Å². The largest absolute Gasteiger partial charge is 0.493 e. The number of urea groups is 1. The Kier molecular flexibility index (Phi) is 9.53. The molecule has 0 saturated heterocycles. The van der Waals surface area contributed by atoms with Gasteiger partial charge in [-0.05, 0) is 59.7 Å². The van der Waals surface area contributed by atoms with Crippen LogP contribution in [0.1, 0.15) is 36.8 Å². The summed E-state index contributed by atoms with van der Waals surface area (Å²) in [5, 5.41) is 5.49. The molecule has 0 fully saturated rings. The SMILES string of the molecule is CC[C@@H](C)CN(CC(=O)N1CCc2sccc2[C@H]1COc1ccccc1OC)C(=O)Nc1cccc(Cl)c1. The number of nitrogens with zero attached hydrogens (tertiary/aromatic N) is 2. The summed E-state index contributed by atoms with van der Waals surface area (Å²) in [5.41, 5.74) is 1.69. The maximum atomic E-state index is 13.8. The summed E-state index contributed by atoms with van der Waals surface area (Å²) in [6, 6.07) is 16.0. The molecule has 2 aromatic carbocycles. The highest BCUT2D eigenvalue weighted by Crippen LogP contribution is 2.35. The Bertz CT molecular complexity index is 1250. The van der Waals surface area contributed by atoms with E-state index in [1.165, 1.54) is 4.88 Å². The molecule has 38 heavy (non-hydrogen) atoms. The molecular formula is C29H34ClN3O4S. The van der Waals surface area contributed by atoms with E-state index < -0.39 is 0 Å². The lowest BCUT2D eigenvalue weighted by Gasteiger charge is -2.37. The second-order valence-electron chi connectivity index (χ2n) is 9.45. The number of nitrogens with one attached hydrogen (secondary N) is 1. The normalized spacial score (nSPS) is 15.4. The minimum Gasteiger partial charge on any atom is -0.493 e. The van der Waals surface area contributed by atoms with Crippen molar-refractivity contribution in [2.75, 3.05) is 38.7 Å². The lowest BCUT2D eigenvalue weighted by atomic mass is 10.00. The van der Waals surface area contributed by atoms with Gasteiger partial charge in [0, 0.05) is 28.7 Å². The van der Waals surface area contributed by atoms with E-state index in [0.717, 1.165) is 18.4 Å². The Morgan fingerprint density at radius 3 is 2.71 bits per heavy atom. The van der Waals surface area contributed by atoms with E-state index in [-0.39, 0.29) is 37.0 Å². The predicted octanol–water partition coefficient (Wildman–Crippen LogP) is 6.50. The molecule has 3 aromatic rings. The van der Waals surface area contributed by atoms with Crippen molar-refractivity contribution in [1.29, 1.82) is 0 Å². The second-order valence-corrected chi connectivity index (χ2v) is 10.9. The van der Waals surface area contributed by atoms with Crippen molar-refractivity contribution in [3.05, 3.63) is 75.4 Å². The lowest BCUT2D eigenvalue weighted by Crippen LogP contribution is -2.49. The van der Waals surface area contributed by atoms with Gasteiger partial charge in [0.2, 0.25) is 5.91 Å². The molecule has 0 bridgehead atoms. The first-order valence-corrected chi connectivity index (χ1v) is 14.1. The first kappa shape index (κ1) is 27.8. The molecular weight excluding hydrogens is 522 g/mol. The highest BCUT2D eigenvalue weighted by atomic mass is 35.5. The van der Waals surface area contributed by atoms with Crippen LogP contribution >= 0.6 is 22.9 Å². The van der Waals surface area contributed by atoms with Crippen LogP contribution in [0.25, 0.3) is 0 Å². The van der Waals surface area contributed by atoms with Crippen LogP contribution in [-0.2, 0) is 11.2 Å². The molecule has 3 amide bonds. The number of methoxy groups -OCH3 is 1. The number of benzene rings is 2. The molecule has 7 nitrogen and oxygen atoms in total. The van der Waals surface area contributed by atoms with Gasteiger partial charge in [-0.3, -0.25) is 4.79 Å². The van der Waals surface area contributed by atoms with Gasteiger partial charge in [-0.25, -0.2) is 4.79 Å². The fraction of sp³-hybridized carbons (Fsp3) is 0.379. The van der Waals surface area contributed by atoms with E-state index in [2.05, 4.69) is 30.6 Å². The van der Waals surface area contributed by atoms with Crippen molar-refractivity contribution < 1.29 is 19.1 Å². The molecule has 1 aliphatic rings. The maximum absolute atomic E-state index is 13.8. The van der Waals surface area contributed by atoms with Crippen molar-refractivity contribution in [3.63, 3.8) is 0 Å². The van der Waals surface area contributed by atoms with E-state index in [0.29, 0.717) is 35.3 Å². The molecule has 4 rings (SSSR count). The monoisotopic (exact) mass is 555 g/mol. The van der Waals surface area contributed by atoms with Crippen molar-refractivity contribution in [3.8, 4) is 11.5 Å². The Labute approximate surface area is 233 Å². The fourth-order valence-electron chi connectivity index (χ4n) is 4.53. The van der Waals surface area contributed by atoms with Gasteiger partial charge < -0.3 is 24.6 Å². The summed E-state index contributed by atoms with van der Waals surface area (Å²) in [6.07, 6.45) is 1.68. The van der Waals surface area contributed by atoms with Crippen LogP contribution in [0.3, 0.4) is 0 Å². The van der Waals surface area contributed by atoms with E-state index in [4.69, 9.17) is 21.1 Å². The summed E-state index contributed by atoms with van der Waals surface area (Å²) in [7, 11) is 1.61. The third kappa shape index (κ3) is 6.79. The maximum Gasteiger partial charge on any atom is 0.322 e. The Balaban J connectivity index is 1.52. The number of amides is 3. The van der Waals surface area contributed by atoms with Gasteiger partial charge in [0.15, 0.2) is 11.5 Å². The number of hydrogen-bond acceptors (Lipinski definition) is 5. The Hall–Kier alpha value is -3.23. The van der Waals surface area contributed by atoms with E-state index >= 15 is 0 Å². The van der Waals surface area contributed by atoms with Crippen molar-refractivity contribution in [2.24, 2.45) is 5.92 Å². The summed E-state index contributed by atoms with van der Waals surface area (Å²) < 4.78 is 11.6. The molecule has 0 aliphatic carbocycles. The van der Waals surface area contributed by atoms with Crippen LogP contribution < -0.4 is 14.8 Å². The van der Waals surface area contributed by atoms with E-state index in [9.17, 15) is 9.59 Å². The fourth-order valence-corrected chi connectivity index (χ4v) is 5.65. The molecule has 1 N–H and O–H groups in total. The second kappa shape index (κ2) is 13.0. The number of halogens is 1. The van der Waals surface area contributed by atoms with Crippen molar-refractivity contribution in [1.82, 2.24) is 9.80 Å². The molecule has 1 aliphatic heterocycles. The molecule has 0 saturated carbocycles. The molecule has 0 unspecified atom stereocenters. The topological polar surface area (TPSA) is 71.1 Å². The standard InChI is InChI=1S/C29H34ClN3O4S/c1-4-20(2)17-32(29(35)31-22-9-7-8-21(30)16-22)18-28(34)33-14-12-27-23(13-15-38-27)24(33)19-37-26-11-6-5-10-25(26)36-3/h5-11,13,15-16,20,24H,4,12,14,17-19H2,1-3H3,(H,31,35)/t20-,24-/m1/s1. The number of hydrogen-bond donors (Lipinski definition) is 1. The van der Waals surface area contributed by atoms with Gasteiger partial charge in [0.05, 0.1) is 13.2 Å². The zero-order valence-electron chi connectivity index (χ0n) is 22.0. The first-order valence-electron chi connectivity index (χ1n) is 12.8. The quantitative estimate of drug-likeness (QED) is 0.310. The third-order valence-corrected chi connectivity index (χ3v) is 8.03. The average molecular weight is 556 g/mol. The molecule has 0 spiro atoms. The number of rotatable bonds is 10. The number of para-hydroxylation sites is 2. The predicted molar refractivity (Wildman–Crippen MR) is 152 cm³/mol. The van der Waals surface area contributed by atoms with Gasteiger partial charge in [-0.1, -0.05) is 50.1 Å². The van der Waals surface area contributed by atoms with Gasteiger partial charge in [0.1, 0.15) is 13.2 Å². The van der Waals surface area contributed by atoms with Gasteiger partial charge >= 0.3 is 6.03 Å². The number of thiophene rings is 1. The van der Waals surface area contributed by atoms with Crippen LogP contribution in [-0.4, -0.2) is 55.1 Å². The average Bonchev–Trinajstić information content (AvgIpc) is 3.40. The van der Waals surface area contributed by atoms with Gasteiger partial charge in [-0.15, -0.1) is 11.3 Å². The summed E-state index contributed by atoms with van der Waals surface area (Å²) >= 11 is 7.80. The van der Waals surface area contributed by atoms with Crippen molar-refractivity contribution >= 4 is 40.6 Å². The lowest BCUT2D eigenvalue weighted by molar-refractivity contribution is -0.135. The number of carbonyl (C=O) groups is 2. The minimum absolute atomic E-state index is 0.0264. The third-order valence-electron chi connectivity index (χ3n) is 6.80. The molecule has 2 heterocycles. The smallest absolute Gasteiger partial charge is 0.322 e. The summed E-state index contributed by atoms with van der Waals surface area (Å²) in [4.78, 5) is 31.8. The van der Waals surface area contributed by atoms with Crippen LogP contribution in [0.15, 0.2) is 60.0 Å². The molecule has 2 atom stereocenters. The van der Waals surface area contributed by atoms with Gasteiger partial charge in [-0.2, -0.15) is 0 Å². The van der Waals surface area contributed by atoms with Crippen LogP contribution in [0.4, 0.5) is 10.5 Å². The zero-order valence-corrected chi connectivity index (χ0v) is 23.6. The molecule has 202 valence electrons. The number of fused-ring (bicyclic) bond motifs is 1. The minimum atomic E-state index is -0.323. The zero-order chi connectivity index (χ0) is 27.1. The molecule has 0 radical (unpaired) electrons. The summed E-state index contributed by atoms with van der Waals surface area (Å²) in [5.74, 6) is 1.40. The Morgan fingerprint density at radius 1 is 1.18 bits per heavy atom. The van der Waals surface area contributed by atoms with E-state index in [1.807, 2.05) is 29.2 Å². The van der Waals surface area contributed by atoms with E-state index in [1.54, 1.807) is 47.6 Å². The Morgan fingerprint density at radius 2 is 1.97 bits per heavy atom. The number of ether oxygens (including phenoxy) is 2. The molecule has 9 heteroatoms. The highest BCUT2D eigenvalue weighted by molar-refractivity contribution is 7.10. The molecule has 1 aromatic heterocycles. The number of anilines is 1. The van der Waals surface area contributed by atoms with Crippen LogP contribution in [0.2, 0.25) is 5.02 Å². The first-order chi connectivity index (χ1) is 18.4. The summed E-state index contributed by atoms with van der Waals surface area (Å²) in [6.45, 7) is 5.45. The van der Waals surface area contributed by atoms with Gasteiger partial charge in [0.25, 0.3) is 0 Å².